The molecule has 5 heteroatoms. The first kappa shape index (κ1) is 14.6. The van der Waals surface area contributed by atoms with Crippen molar-refractivity contribution in [2.24, 2.45) is 0 Å². The number of carbonyl (C=O) groups is 1. The first-order valence-corrected chi connectivity index (χ1v) is 4.62. The third-order valence-corrected chi connectivity index (χ3v) is 2.04. The molecule has 0 aliphatic carbocycles. The number of benzene rings is 1. The summed E-state index contributed by atoms with van der Waals surface area (Å²) in [4.78, 5) is 14.9. The van der Waals surface area contributed by atoms with Gasteiger partial charge in [-0.3, -0.25) is 15.4 Å². The second kappa shape index (κ2) is 6.22. The van der Waals surface area contributed by atoms with Crippen LogP contribution in [0.5, 0.6) is 0 Å². The van der Waals surface area contributed by atoms with Crippen LogP contribution in [0.4, 0.5) is 0 Å². The number of carbonyl (C=O) groups excluding carboxylic acids is 1. The maximum atomic E-state index is 11.2. The minimum Gasteiger partial charge on any atom is -0.295 e. The second-order valence-electron chi connectivity index (χ2n) is 4.17. The molecule has 0 fully saturated rings. The smallest absolute Gasteiger partial charge is 0.295 e. The lowest BCUT2D eigenvalue weighted by atomic mass is 9.84. The second-order valence-corrected chi connectivity index (χ2v) is 4.17. The molecule has 0 aliphatic heterocycles. The molecule has 0 spiro atoms. The van der Waals surface area contributed by atoms with Gasteiger partial charge in [0.1, 0.15) is 0 Å². The van der Waals surface area contributed by atoms with Gasteiger partial charge in [0.15, 0.2) is 0 Å². The molecular weight excluding hydrogens is 212 g/mol. The molecule has 90 valence electrons. The Hall–Kier alpha value is -1.43. The van der Waals surface area contributed by atoms with Gasteiger partial charge in [-0.25, -0.2) is 4.79 Å². The van der Waals surface area contributed by atoms with Crippen LogP contribution in [0.3, 0.4) is 0 Å². The maximum Gasteiger partial charge on any atom is 0.373 e. The van der Waals surface area contributed by atoms with Gasteiger partial charge in [-0.15, -0.1) is 0 Å². The Labute approximate surface area is 93.8 Å². The van der Waals surface area contributed by atoms with E-state index in [9.17, 15) is 4.79 Å². The lowest BCUT2D eigenvalue weighted by molar-refractivity contribution is -0.182. The highest BCUT2D eigenvalue weighted by molar-refractivity contribution is 5.91. The third kappa shape index (κ3) is 3.62. The minimum atomic E-state index is -0.712. The van der Waals surface area contributed by atoms with E-state index in [4.69, 9.17) is 15.8 Å². The summed E-state index contributed by atoms with van der Waals surface area (Å²) in [6, 6.07) is 7.08. The molecule has 0 aromatic heterocycles. The Kier molecular flexibility index (Phi) is 5.66. The van der Waals surface area contributed by atoms with Gasteiger partial charge >= 0.3 is 5.97 Å². The molecule has 0 atom stereocenters. The van der Waals surface area contributed by atoms with Crippen LogP contribution in [-0.2, 0) is 10.3 Å². The van der Waals surface area contributed by atoms with Crippen molar-refractivity contribution in [3.05, 3.63) is 35.4 Å². The molecule has 5 nitrogen and oxygen atoms in total. The summed E-state index contributed by atoms with van der Waals surface area (Å²) in [6.07, 6.45) is 0. The zero-order valence-corrected chi connectivity index (χ0v) is 9.47. The standard InChI is InChI=1S/C11H14O3.H2O2/c1-11(2,3)9-7-5-4-6-8(9)10(12)14-13;1-2/h4-7,13H,1-3H3;1-2H. The summed E-state index contributed by atoms with van der Waals surface area (Å²) < 4.78 is 0. The number of rotatable bonds is 1. The van der Waals surface area contributed by atoms with Crippen molar-refractivity contribution in [1.82, 2.24) is 0 Å². The minimum absolute atomic E-state index is 0.148. The van der Waals surface area contributed by atoms with E-state index < -0.39 is 5.97 Å². The van der Waals surface area contributed by atoms with Crippen LogP contribution >= 0.6 is 0 Å². The van der Waals surface area contributed by atoms with Crippen molar-refractivity contribution in [3.8, 4) is 0 Å². The van der Waals surface area contributed by atoms with Gasteiger partial charge in [-0.2, -0.15) is 5.26 Å². The van der Waals surface area contributed by atoms with E-state index in [1.165, 1.54) is 0 Å². The fraction of sp³-hybridized carbons (Fsp3) is 0.364. The molecule has 16 heavy (non-hydrogen) atoms. The molecule has 3 N–H and O–H groups in total. The number of hydrogen-bond acceptors (Lipinski definition) is 5. The maximum absolute atomic E-state index is 11.2. The highest BCUT2D eigenvalue weighted by atomic mass is 17.1. The molecule has 0 amide bonds. The van der Waals surface area contributed by atoms with Crippen LogP contribution in [0.2, 0.25) is 0 Å². The SMILES string of the molecule is CC(C)(C)c1ccccc1C(=O)OO.OO. The van der Waals surface area contributed by atoms with Gasteiger partial charge in [0.2, 0.25) is 0 Å². The molecule has 1 aromatic carbocycles. The Morgan fingerprint density at radius 2 is 1.69 bits per heavy atom. The Morgan fingerprint density at radius 1 is 1.19 bits per heavy atom. The van der Waals surface area contributed by atoms with Crippen molar-refractivity contribution in [3.63, 3.8) is 0 Å². The predicted octanol–water partition coefficient (Wildman–Crippen LogP) is 2.63. The normalized spacial score (nSPS) is 10.1. The van der Waals surface area contributed by atoms with Gasteiger partial charge in [0, 0.05) is 0 Å². The average molecular weight is 228 g/mol. The summed E-state index contributed by atoms with van der Waals surface area (Å²) in [7, 11) is 0. The molecule has 0 bridgehead atoms. The van der Waals surface area contributed by atoms with E-state index in [-0.39, 0.29) is 5.41 Å². The molecule has 0 aliphatic rings. The fourth-order valence-corrected chi connectivity index (χ4v) is 1.36. The van der Waals surface area contributed by atoms with Crippen molar-refractivity contribution < 1.29 is 25.5 Å². The van der Waals surface area contributed by atoms with Crippen LogP contribution in [0.1, 0.15) is 36.7 Å². The molecular formula is C11H16O5. The van der Waals surface area contributed by atoms with Crippen LogP contribution in [0, 0.1) is 0 Å². The van der Waals surface area contributed by atoms with Crippen LogP contribution < -0.4 is 0 Å². The molecule has 1 rings (SSSR count). The van der Waals surface area contributed by atoms with Crippen molar-refractivity contribution in [2.45, 2.75) is 26.2 Å². The molecule has 0 saturated heterocycles. The van der Waals surface area contributed by atoms with Gasteiger partial charge in [-0.05, 0) is 17.0 Å². The van der Waals surface area contributed by atoms with Crippen LogP contribution in [0.25, 0.3) is 0 Å². The van der Waals surface area contributed by atoms with Crippen molar-refractivity contribution in [1.29, 1.82) is 0 Å². The average Bonchev–Trinajstić information content (AvgIpc) is 2.29. The summed E-state index contributed by atoms with van der Waals surface area (Å²) >= 11 is 0. The zero-order valence-electron chi connectivity index (χ0n) is 9.47. The van der Waals surface area contributed by atoms with Gasteiger partial charge in [-0.1, -0.05) is 39.0 Å². The molecule has 1 aromatic rings. The first-order chi connectivity index (χ1) is 7.46. The first-order valence-electron chi connectivity index (χ1n) is 4.62. The van der Waals surface area contributed by atoms with E-state index in [0.29, 0.717) is 5.56 Å². The highest BCUT2D eigenvalue weighted by Crippen LogP contribution is 2.25. The number of hydrogen-bond donors (Lipinski definition) is 3. The van der Waals surface area contributed by atoms with E-state index in [0.717, 1.165) is 5.56 Å². The van der Waals surface area contributed by atoms with Crippen molar-refractivity contribution >= 4 is 5.97 Å². The molecule has 0 saturated carbocycles. The summed E-state index contributed by atoms with van der Waals surface area (Å²) in [5, 5.41) is 20.3. The topological polar surface area (TPSA) is 87.0 Å². The largest absolute Gasteiger partial charge is 0.373 e. The van der Waals surface area contributed by atoms with E-state index in [2.05, 4.69) is 4.89 Å². The fourth-order valence-electron chi connectivity index (χ4n) is 1.36. The monoisotopic (exact) mass is 228 g/mol. The summed E-state index contributed by atoms with van der Waals surface area (Å²) in [5.74, 6) is -0.712. The lowest BCUT2D eigenvalue weighted by Crippen LogP contribution is -2.17. The van der Waals surface area contributed by atoms with Gasteiger partial charge < -0.3 is 0 Å². The van der Waals surface area contributed by atoms with E-state index in [1.807, 2.05) is 32.9 Å². The molecule has 0 heterocycles. The van der Waals surface area contributed by atoms with Crippen LogP contribution in [0.15, 0.2) is 24.3 Å². The zero-order chi connectivity index (χ0) is 12.8. The van der Waals surface area contributed by atoms with Crippen LogP contribution in [-0.4, -0.2) is 21.7 Å². The van der Waals surface area contributed by atoms with E-state index in [1.54, 1.807) is 12.1 Å². The predicted molar refractivity (Wildman–Crippen MR) is 58.4 cm³/mol. The highest BCUT2D eigenvalue weighted by Gasteiger charge is 2.21. The summed E-state index contributed by atoms with van der Waals surface area (Å²) in [6.45, 7) is 5.99. The Morgan fingerprint density at radius 3 is 2.12 bits per heavy atom. The van der Waals surface area contributed by atoms with Gasteiger partial charge in [0.25, 0.3) is 0 Å². The summed E-state index contributed by atoms with van der Waals surface area (Å²) in [5.41, 5.74) is 1.12. The Bertz CT molecular complexity index is 340. The molecule has 0 unspecified atom stereocenters. The van der Waals surface area contributed by atoms with E-state index >= 15 is 0 Å². The third-order valence-electron chi connectivity index (χ3n) is 2.04. The lowest BCUT2D eigenvalue weighted by Gasteiger charge is -2.21. The van der Waals surface area contributed by atoms with Gasteiger partial charge in [0.05, 0.1) is 5.56 Å². The quantitative estimate of drug-likeness (QED) is 0.508. The Balaban J connectivity index is 0.00000106. The van der Waals surface area contributed by atoms with Crippen molar-refractivity contribution in [2.75, 3.05) is 0 Å². The molecule has 0 radical (unpaired) electrons.